The lowest BCUT2D eigenvalue weighted by atomic mass is 10.4. The second-order valence-corrected chi connectivity index (χ2v) is 10.6. The maximum atomic E-state index is 13.1. The first-order chi connectivity index (χ1) is 13.8. The third-order valence-electron chi connectivity index (χ3n) is 5.94. The molecule has 0 bridgehead atoms. The Morgan fingerprint density at radius 2 is 1.39 bits per heavy atom. The highest BCUT2D eigenvalue weighted by molar-refractivity contribution is 7.64. The van der Waals surface area contributed by atoms with E-state index in [1.165, 1.54) is 38.5 Å². The molecule has 28 heavy (non-hydrogen) atoms. The number of aromatic nitrogens is 4. The van der Waals surface area contributed by atoms with Crippen LogP contribution in [0.15, 0.2) is 23.1 Å². The number of rotatable bonds is 5. The van der Waals surface area contributed by atoms with Crippen molar-refractivity contribution < 1.29 is 4.62 Å². The Morgan fingerprint density at radius 3 is 1.93 bits per heavy atom. The number of pyridine rings is 1. The van der Waals surface area contributed by atoms with Crippen LogP contribution in [0.25, 0.3) is 11.0 Å². The summed E-state index contributed by atoms with van der Waals surface area (Å²) in [5.74, 6) is 0. The molecule has 150 valence electrons. The molecule has 3 aliphatic heterocycles. The van der Waals surface area contributed by atoms with E-state index in [1.54, 1.807) is 18.3 Å². The number of fused-ring (bicyclic) bond motifs is 1. The Bertz CT molecular complexity index is 848. The molecule has 3 fully saturated rings. The van der Waals surface area contributed by atoms with E-state index in [0.29, 0.717) is 11.0 Å². The van der Waals surface area contributed by atoms with Gasteiger partial charge in [-0.05, 0) is 55.9 Å². The van der Waals surface area contributed by atoms with Gasteiger partial charge in [-0.1, -0.05) is 0 Å². The second kappa shape index (κ2) is 7.63. The molecule has 10 heteroatoms. The average molecular weight is 404 g/mol. The van der Waals surface area contributed by atoms with Crippen LogP contribution in [0.4, 0.5) is 0 Å². The fraction of sp³-hybridized carbons (Fsp3) is 0.667. The number of nitrogens with zero attached hydrogens (tertiary/aromatic N) is 7. The van der Waals surface area contributed by atoms with Gasteiger partial charge in [0.25, 0.3) is 0 Å². The molecule has 2 aromatic heterocycles. The van der Waals surface area contributed by atoms with Crippen molar-refractivity contribution in [2.75, 3.05) is 39.3 Å². The van der Waals surface area contributed by atoms with E-state index in [0.717, 1.165) is 44.1 Å². The molecule has 5 heterocycles. The summed E-state index contributed by atoms with van der Waals surface area (Å²) < 4.78 is 14.2. The van der Waals surface area contributed by atoms with E-state index >= 15 is 0 Å². The van der Waals surface area contributed by atoms with E-state index in [2.05, 4.69) is 29.3 Å². The van der Waals surface area contributed by atoms with Gasteiger partial charge in [0.1, 0.15) is 5.52 Å². The zero-order valence-corrected chi connectivity index (χ0v) is 17.0. The van der Waals surface area contributed by atoms with Gasteiger partial charge in [0.05, 0.1) is 0 Å². The standard InChI is InChI=1S/C18H27N7O2P/c26-18-17-16(8-7-9-19-17)20-21-25(18)27-28(22-10-1-2-11-22,23-12-3-4-13-23)24-14-5-6-15-24/h7-9H,1-6,10-15H2/q+1. The summed E-state index contributed by atoms with van der Waals surface area (Å²) >= 11 is 0. The van der Waals surface area contributed by atoms with Gasteiger partial charge in [0, 0.05) is 50.3 Å². The third-order valence-corrected chi connectivity index (χ3v) is 9.72. The van der Waals surface area contributed by atoms with Crippen LogP contribution in [-0.4, -0.2) is 73.4 Å². The van der Waals surface area contributed by atoms with Crippen LogP contribution in [0.3, 0.4) is 0 Å². The Balaban J connectivity index is 1.61. The topological polar surface area (TPSA) is 79.6 Å². The number of hydrogen-bond acceptors (Lipinski definition) is 8. The lowest BCUT2D eigenvalue weighted by Crippen LogP contribution is -2.49. The Morgan fingerprint density at radius 1 is 0.857 bits per heavy atom. The van der Waals surface area contributed by atoms with Gasteiger partial charge in [-0.3, -0.25) is 4.79 Å². The van der Waals surface area contributed by atoms with Crippen molar-refractivity contribution in [2.24, 2.45) is 0 Å². The lowest BCUT2D eigenvalue weighted by Gasteiger charge is -2.39. The fourth-order valence-electron chi connectivity index (χ4n) is 4.59. The Kier molecular flexibility index (Phi) is 5.00. The van der Waals surface area contributed by atoms with Crippen LogP contribution in [0.1, 0.15) is 38.5 Å². The summed E-state index contributed by atoms with van der Waals surface area (Å²) in [5.41, 5.74) is 0.479. The second-order valence-electron chi connectivity index (χ2n) is 7.72. The van der Waals surface area contributed by atoms with Gasteiger partial charge in [0.15, 0.2) is 5.52 Å². The normalized spacial score (nSPS) is 22.4. The van der Waals surface area contributed by atoms with E-state index in [-0.39, 0.29) is 5.56 Å². The highest BCUT2D eigenvalue weighted by atomic mass is 31.2. The summed E-state index contributed by atoms with van der Waals surface area (Å²) in [7, 11) is -2.33. The summed E-state index contributed by atoms with van der Waals surface area (Å²) in [6.45, 7) is 6.05. The van der Waals surface area contributed by atoms with Crippen LogP contribution in [0.5, 0.6) is 0 Å². The van der Waals surface area contributed by atoms with Crippen LogP contribution in [0, 0.1) is 0 Å². The molecule has 2 aromatic rings. The first-order valence-corrected chi connectivity index (χ1v) is 11.9. The molecule has 0 amide bonds. The zero-order valence-electron chi connectivity index (χ0n) is 16.1. The highest BCUT2D eigenvalue weighted by Crippen LogP contribution is 2.68. The van der Waals surface area contributed by atoms with Gasteiger partial charge in [-0.15, -0.1) is 19.1 Å². The van der Waals surface area contributed by atoms with Gasteiger partial charge in [-0.25, -0.2) is 4.98 Å². The molecule has 0 atom stereocenters. The van der Waals surface area contributed by atoms with Crippen molar-refractivity contribution in [3.63, 3.8) is 0 Å². The van der Waals surface area contributed by atoms with Gasteiger partial charge in [-0.2, -0.15) is 4.62 Å². The summed E-state index contributed by atoms with van der Waals surface area (Å²) in [6.07, 6.45) is 8.65. The number of hydrogen-bond donors (Lipinski definition) is 0. The molecule has 3 saturated heterocycles. The quantitative estimate of drug-likeness (QED) is 0.695. The van der Waals surface area contributed by atoms with Crippen molar-refractivity contribution in [2.45, 2.75) is 38.5 Å². The molecule has 0 aromatic carbocycles. The maximum Gasteiger partial charge on any atom is 0.451 e. The SMILES string of the molecule is O=c1c2ncccc2nnn1O[P+](N1CCCC1)(N1CCCC1)N1CCCC1. The van der Waals surface area contributed by atoms with E-state index < -0.39 is 7.94 Å². The Hall–Kier alpha value is -1.67. The van der Waals surface area contributed by atoms with Gasteiger partial charge < -0.3 is 0 Å². The fourth-order valence-corrected chi connectivity index (χ4v) is 8.70. The monoisotopic (exact) mass is 404 g/mol. The molecule has 0 N–H and O–H groups in total. The molecule has 9 nitrogen and oxygen atoms in total. The molecule has 3 aliphatic rings. The molecule has 0 aliphatic carbocycles. The molecule has 0 radical (unpaired) electrons. The van der Waals surface area contributed by atoms with Gasteiger partial charge in [0.2, 0.25) is 0 Å². The smallest absolute Gasteiger partial charge is 0.261 e. The van der Waals surface area contributed by atoms with Crippen molar-refractivity contribution in [3.8, 4) is 0 Å². The Labute approximate surface area is 164 Å². The van der Waals surface area contributed by atoms with Crippen LogP contribution >= 0.6 is 7.94 Å². The molecule has 0 saturated carbocycles. The van der Waals surface area contributed by atoms with E-state index in [4.69, 9.17) is 4.62 Å². The molecule has 0 spiro atoms. The van der Waals surface area contributed by atoms with Gasteiger partial charge >= 0.3 is 13.5 Å². The predicted octanol–water partition coefficient (Wildman–Crippen LogP) is 1.58. The minimum absolute atomic E-state index is 0.305. The van der Waals surface area contributed by atoms with Crippen molar-refractivity contribution in [1.82, 2.24) is 34.2 Å². The summed E-state index contributed by atoms with van der Waals surface area (Å²) in [6, 6.07) is 3.52. The van der Waals surface area contributed by atoms with Crippen molar-refractivity contribution >= 4 is 19.0 Å². The zero-order chi connectivity index (χ0) is 19.0. The predicted molar refractivity (Wildman–Crippen MR) is 108 cm³/mol. The van der Waals surface area contributed by atoms with E-state index in [1.807, 2.05) is 0 Å². The first kappa shape index (κ1) is 18.4. The molecule has 5 rings (SSSR count). The highest BCUT2D eigenvalue weighted by Gasteiger charge is 2.64. The maximum absolute atomic E-state index is 13.1. The van der Waals surface area contributed by atoms with Crippen LogP contribution in [-0.2, 0) is 0 Å². The van der Waals surface area contributed by atoms with Crippen molar-refractivity contribution in [1.29, 1.82) is 0 Å². The average Bonchev–Trinajstić information content (AvgIpc) is 3.52. The van der Waals surface area contributed by atoms with Crippen LogP contribution in [0.2, 0.25) is 0 Å². The minimum atomic E-state index is -2.33. The van der Waals surface area contributed by atoms with Crippen molar-refractivity contribution in [3.05, 3.63) is 28.7 Å². The largest absolute Gasteiger partial charge is 0.451 e. The minimum Gasteiger partial charge on any atom is -0.261 e. The summed E-state index contributed by atoms with van der Waals surface area (Å²) in [5, 5.41) is 8.34. The van der Waals surface area contributed by atoms with Crippen LogP contribution < -0.4 is 10.2 Å². The summed E-state index contributed by atoms with van der Waals surface area (Å²) in [4.78, 5) is 18.4. The third kappa shape index (κ3) is 3.01. The van der Waals surface area contributed by atoms with E-state index in [9.17, 15) is 4.79 Å². The molecular weight excluding hydrogens is 377 g/mol. The lowest BCUT2D eigenvalue weighted by molar-refractivity contribution is 0.150. The molecule has 0 unspecified atom stereocenters. The molecular formula is C18H27N7O2P+. The first-order valence-electron chi connectivity index (χ1n) is 10.4.